The van der Waals surface area contributed by atoms with Crippen LogP contribution in [0.3, 0.4) is 0 Å². The number of hydrogen-bond donors (Lipinski definition) is 1. The largest absolute Gasteiger partial charge is 0.492 e. The molecular formula is C18H23NO2. The first-order chi connectivity index (χ1) is 10.4. The number of piperidine rings is 1. The molecule has 1 saturated heterocycles. The molecule has 21 heavy (non-hydrogen) atoms. The number of benzene rings is 2. The van der Waals surface area contributed by atoms with Crippen molar-refractivity contribution in [3.8, 4) is 5.75 Å². The molecule has 1 N–H and O–H groups in total. The van der Waals surface area contributed by atoms with Crippen LogP contribution in [0.25, 0.3) is 10.8 Å². The second-order valence-corrected chi connectivity index (χ2v) is 5.82. The minimum Gasteiger partial charge on any atom is -0.492 e. The summed E-state index contributed by atoms with van der Waals surface area (Å²) < 4.78 is 5.99. The highest BCUT2D eigenvalue weighted by Crippen LogP contribution is 2.25. The molecule has 1 aliphatic heterocycles. The van der Waals surface area contributed by atoms with E-state index in [0.29, 0.717) is 19.1 Å². The highest BCUT2D eigenvalue weighted by molar-refractivity contribution is 5.88. The standard InChI is InChI=1S/C18H23NO2/c20-14-15-5-4-10-19(13-15)11-12-21-18-9-3-7-16-6-1-2-8-17(16)18/h1-3,6-9,15,20H,4-5,10-14H2. The van der Waals surface area contributed by atoms with Gasteiger partial charge in [-0.25, -0.2) is 0 Å². The topological polar surface area (TPSA) is 32.7 Å². The average molecular weight is 285 g/mol. The first-order valence-corrected chi connectivity index (χ1v) is 7.80. The summed E-state index contributed by atoms with van der Waals surface area (Å²) in [5.41, 5.74) is 0. The quantitative estimate of drug-likeness (QED) is 0.917. The van der Waals surface area contributed by atoms with Crippen molar-refractivity contribution in [2.45, 2.75) is 12.8 Å². The Morgan fingerprint density at radius 1 is 1.14 bits per heavy atom. The first kappa shape index (κ1) is 14.4. The van der Waals surface area contributed by atoms with E-state index in [0.717, 1.165) is 31.8 Å². The van der Waals surface area contributed by atoms with E-state index in [-0.39, 0.29) is 0 Å². The van der Waals surface area contributed by atoms with E-state index in [2.05, 4.69) is 29.2 Å². The van der Waals surface area contributed by atoms with Crippen LogP contribution in [0, 0.1) is 5.92 Å². The number of likely N-dealkylation sites (tertiary alicyclic amines) is 1. The molecular weight excluding hydrogens is 262 g/mol. The molecule has 1 heterocycles. The van der Waals surface area contributed by atoms with E-state index >= 15 is 0 Å². The number of aliphatic hydroxyl groups is 1. The van der Waals surface area contributed by atoms with Gasteiger partial charge in [-0.1, -0.05) is 36.4 Å². The third kappa shape index (κ3) is 3.55. The molecule has 2 aromatic carbocycles. The number of ether oxygens (including phenoxy) is 1. The predicted molar refractivity (Wildman–Crippen MR) is 85.7 cm³/mol. The molecule has 0 bridgehead atoms. The Labute approximate surface area is 126 Å². The minimum absolute atomic E-state index is 0.306. The number of rotatable bonds is 5. The molecule has 0 aromatic heterocycles. The molecule has 0 radical (unpaired) electrons. The zero-order valence-electron chi connectivity index (χ0n) is 12.4. The Hall–Kier alpha value is -1.58. The third-order valence-electron chi connectivity index (χ3n) is 4.28. The highest BCUT2D eigenvalue weighted by Gasteiger charge is 2.18. The zero-order valence-corrected chi connectivity index (χ0v) is 12.4. The summed E-state index contributed by atoms with van der Waals surface area (Å²) in [4.78, 5) is 2.40. The summed E-state index contributed by atoms with van der Waals surface area (Å²) in [5, 5.41) is 11.7. The third-order valence-corrected chi connectivity index (χ3v) is 4.28. The molecule has 3 nitrogen and oxygen atoms in total. The van der Waals surface area contributed by atoms with Gasteiger partial charge < -0.3 is 9.84 Å². The molecule has 0 spiro atoms. The lowest BCUT2D eigenvalue weighted by Crippen LogP contribution is -2.39. The molecule has 0 aliphatic carbocycles. The molecule has 3 heteroatoms. The van der Waals surface area contributed by atoms with Crippen molar-refractivity contribution in [2.24, 2.45) is 5.92 Å². The van der Waals surface area contributed by atoms with Crippen molar-refractivity contribution in [3.63, 3.8) is 0 Å². The van der Waals surface area contributed by atoms with Crippen LogP contribution in [0.2, 0.25) is 0 Å². The summed E-state index contributed by atoms with van der Waals surface area (Å²) in [6.07, 6.45) is 2.33. The van der Waals surface area contributed by atoms with Crippen LogP contribution in [0.15, 0.2) is 42.5 Å². The Morgan fingerprint density at radius 2 is 2.00 bits per heavy atom. The van der Waals surface area contributed by atoms with Gasteiger partial charge in [-0.15, -0.1) is 0 Å². The van der Waals surface area contributed by atoms with Crippen molar-refractivity contribution in [2.75, 3.05) is 32.8 Å². The maximum absolute atomic E-state index is 9.27. The van der Waals surface area contributed by atoms with Gasteiger partial charge in [0, 0.05) is 25.1 Å². The van der Waals surface area contributed by atoms with Crippen molar-refractivity contribution in [1.29, 1.82) is 0 Å². The number of nitrogens with zero attached hydrogens (tertiary/aromatic N) is 1. The maximum Gasteiger partial charge on any atom is 0.127 e. The predicted octanol–water partition coefficient (Wildman–Crippen LogP) is 2.92. The molecule has 2 aromatic rings. The molecule has 3 rings (SSSR count). The Balaban J connectivity index is 1.57. The Bertz CT molecular complexity index is 579. The van der Waals surface area contributed by atoms with Gasteiger partial charge in [0.25, 0.3) is 0 Å². The van der Waals surface area contributed by atoms with E-state index in [4.69, 9.17) is 4.74 Å². The van der Waals surface area contributed by atoms with Gasteiger partial charge >= 0.3 is 0 Å². The Kier molecular flexibility index (Phi) is 4.73. The SMILES string of the molecule is OCC1CCCN(CCOc2cccc3ccccc23)C1. The lowest BCUT2D eigenvalue weighted by atomic mass is 9.99. The normalized spacial score (nSPS) is 19.8. The fourth-order valence-corrected chi connectivity index (χ4v) is 3.11. The van der Waals surface area contributed by atoms with Gasteiger partial charge in [0.15, 0.2) is 0 Å². The Morgan fingerprint density at radius 3 is 2.90 bits per heavy atom. The molecule has 1 unspecified atom stereocenters. The molecule has 112 valence electrons. The van der Waals surface area contributed by atoms with Crippen LogP contribution in [0.5, 0.6) is 5.75 Å². The number of aliphatic hydroxyl groups excluding tert-OH is 1. The van der Waals surface area contributed by atoms with E-state index < -0.39 is 0 Å². The van der Waals surface area contributed by atoms with Crippen molar-refractivity contribution < 1.29 is 9.84 Å². The van der Waals surface area contributed by atoms with Crippen LogP contribution in [0.4, 0.5) is 0 Å². The van der Waals surface area contributed by atoms with Gasteiger partial charge in [-0.3, -0.25) is 4.90 Å². The summed E-state index contributed by atoms with van der Waals surface area (Å²) in [5.74, 6) is 1.40. The molecule has 1 fully saturated rings. The van der Waals surface area contributed by atoms with E-state index in [9.17, 15) is 5.11 Å². The molecule has 1 aliphatic rings. The minimum atomic E-state index is 0.306. The van der Waals surface area contributed by atoms with Crippen molar-refractivity contribution in [1.82, 2.24) is 4.90 Å². The maximum atomic E-state index is 9.27. The van der Waals surface area contributed by atoms with E-state index in [1.807, 2.05) is 18.2 Å². The first-order valence-electron chi connectivity index (χ1n) is 7.80. The second kappa shape index (κ2) is 6.92. The second-order valence-electron chi connectivity index (χ2n) is 5.82. The summed E-state index contributed by atoms with van der Waals surface area (Å²) in [6, 6.07) is 14.5. The van der Waals surface area contributed by atoms with Crippen molar-refractivity contribution in [3.05, 3.63) is 42.5 Å². The van der Waals surface area contributed by atoms with Crippen LogP contribution >= 0.6 is 0 Å². The van der Waals surface area contributed by atoms with Crippen LogP contribution in [-0.2, 0) is 0 Å². The van der Waals surface area contributed by atoms with Crippen LogP contribution < -0.4 is 4.74 Å². The van der Waals surface area contributed by atoms with Crippen molar-refractivity contribution >= 4 is 10.8 Å². The van der Waals surface area contributed by atoms with Gasteiger partial charge in [0.2, 0.25) is 0 Å². The monoisotopic (exact) mass is 285 g/mol. The fraction of sp³-hybridized carbons (Fsp3) is 0.444. The lowest BCUT2D eigenvalue weighted by molar-refractivity contribution is 0.108. The van der Waals surface area contributed by atoms with E-state index in [1.54, 1.807) is 0 Å². The highest BCUT2D eigenvalue weighted by atomic mass is 16.5. The number of fused-ring (bicyclic) bond motifs is 1. The molecule has 0 saturated carbocycles. The summed E-state index contributed by atoms with van der Waals surface area (Å²) >= 11 is 0. The number of hydrogen-bond acceptors (Lipinski definition) is 3. The summed E-state index contributed by atoms with van der Waals surface area (Å²) in [7, 11) is 0. The lowest BCUT2D eigenvalue weighted by Gasteiger charge is -2.31. The molecule has 1 atom stereocenters. The van der Waals surface area contributed by atoms with Crippen LogP contribution in [-0.4, -0.2) is 42.9 Å². The van der Waals surface area contributed by atoms with E-state index in [1.165, 1.54) is 17.2 Å². The van der Waals surface area contributed by atoms with Crippen LogP contribution in [0.1, 0.15) is 12.8 Å². The summed E-state index contributed by atoms with van der Waals surface area (Å²) in [6.45, 7) is 4.05. The molecule has 0 amide bonds. The van der Waals surface area contributed by atoms with Gasteiger partial charge in [0.05, 0.1) is 0 Å². The van der Waals surface area contributed by atoms with Gasteiger partial charge in [0.1, 0.15) is 12.4 Å². The smallest absolute Gasteiger partial charge is 0.127 e. The average Bonchev–Trinajstić information content (AvgIpc) is 2.55. The fourth-order valence-electron chi connectivity index (χ4n) is 3.11. The van der Waals surface area contributed by atoms with Gasteiger partial charge in [-0.2, -0.15) is 0 Å². The van der Waals surface area contributed by atoms with Gasteiger partial charge in [-0.05, 0) is 36.8 Å². The zero-order chi connectivity index (χ0) is 14.5.